The number of rotatable bonds is 3. The van der Waals surface area contributed by atoms with Gasteiger partial charge < -0.3 is 14.8 Å². The molecule has 0 saturated carbocycles. The van der Waals surface area contributed by atoms with Gasteiger partial charge in [0.1, 0.15) is 0 Å². The molecule has 1 aromatic heterocycles. The summed E-state index contributed by atoms with van der Waals surface area (Å²) in [5.74, 6) is 0.781. The Labute approximate surface area is 149 Å². The predicted molar refractivity (Wildman–Crippen MR) is 99.6 cm³/mol. The Balaban J connectivity index is 1.40. The highest BCUT2D eigenvalue weighted by Crippen LogP contribution is 2.22. The molecule has 3 heterocycles. The predicted octanol–water partition coefficient (Wildman–Crippen LogP) is 3.29. The minimum absolute atomic E-state index is 0.164. The van der Waals surface area contributed by atoms with E-state index in [9.17, 15) is 4.79 Å². The van der Waals surface area contributed by atoms with Gasteiger partial charge in [-0.05, 0) is 62.9 Å². The zero-order chi connectivity index (χ0) is 17.1. The molecule has 1 N–H and O–H groups in total. The Morgan fingerprint density at radius 2 is 1.96 bits per heavy atom. The molecule has 2 aliphatic heterocycles. The highest BCUT2D eigenvalue weighted by molar-refractivity contribution is 5.97. The fourth-order valence-electron chi connectivity index (χ4n) is 4.33. The third-order valence-corrected chi connectivity index (χ3v) is 5.69. The van der Waals surface area contributed by atoms with Gasteiger partial charge in [-0.2, -0.15) is 0 Å². The van der Waals surface area contributed by atoms with Crippen molar-refractivity contribution in [3.8, 4) is 0 Å². The van der Waals surface area contributed by atoms with Gasteiger partial charge in [0.15, 0.2) is 0 Å². The number of likely N-dealkylation sites (tertiary alicyclic amines) is 2. The topological polar surface area (TPSA) is 52.2 Å². The molecule has 5 heteroatoms. The molecule has 1 atom stereocenters. The van der Waals surface area contributed by atoms with Crippen LogP contribution in [0.15, 0.2) is 24.5 Å². The second-order valence-electron chi connectivity index (χ2n) is 7.61. The third kappa shape index (κ3) is 3.87. The lowest BCUT2D eigenvalue weighted by atomic mass is 9.96. The maximum Gasteiger partial charge on any atom is 0.253 e. The summed E-state index contributed by atoms with van der Waals surface area (Å²) in [6.45, 7) is 5.41. The van der Waals surface area contributed by atoms with Crippen molar-refractivity contribution in [1.82, 2.24) is 19.8 Å². The number of nitrogens with one attached hydrogen (secondary N) is 1. The Morgan fingerprint density at radius 1 is 1.12 bits per heavy atom. The molecule has 0 spiro atoms. The van der Waals surface area contributed by atoms with Crippen molar-refractivity contribution in [1.29, 1.82) is 0 Å². The Hall–Kier alpha value is -1.88. The number of imidazole rings is 1. The SMILES string of the molecule is O=C(c1ccc2nc[nH]c2c1)N1CCCC(CN2CCCCCC2)C1. The van der Waals surface area contributed by atoms with Gasteiger partial charge in [-0.1, -0.05) is 12.8 Å². The lowest BCUT2D eigenvalue weighted by molar-refractivity contribution is 0.0641. The number of carbonyl (C=O) groups excluding carboxylic acids is 1. The van der Waals surface area contributed by atoms with Crippen LogP contribution in [0, 0.1) is 5.92 Å². The van der Waals surface area contributed by atoms with Gasteiger partial charge in [0.2, 0.25) is 0 Å². The van der Waals surface area contributed by atoms with E-state index in [4.69, 9.17) is 0 Å². The number of aromatic amines is 1. The third-order valence-electron chi connectivity index (χ3n) is 5.69. The van der Waals surface area contributed by atoms with Crippen molar-refractivity contribution in [3.63, 3.8) is 0 Å². The lowest BCUT2D eigenvalue weighted by Gasteiger charge is -2.35. The molecular weight excluding hydrogens is 312 g/mol. The van der Waals surface area contributed by atoms with Gasteiger partial charge in [-0.3, -0.25) is 4.79 Å². The number of hydrogen-bond donors (Lipinski definition) is 1. The number of hydrogen-bond acceptors (Lipinski definition) is 3. The number of aromatic nitrogens is 2. The van der Waals surface area contributed by atoms with Crippen LogP contribution in [0.2, 0.25) is 0 Å². The molecule has 25 heavy (non-hydrogen) atoms. The first-order valence-electron chi connectivity index (χ1n) is 9.74. The minimum atomic E-state index is 0.164. The van der Waals surface area contributed by atoms with Gasteiger partial charge in [-0.15, -0.1) is 0 Å². The van der Waals surface area contributed by atoms with Crippen LogP contribution in [-0.4, -0.2) is 58.4 Å². The number of nitrogens with zero attached hydrogens (tertiary/aromatic N) is 3. The first kappa shape index (κ1) is 16.6. The lowest BCUT2D eigenvalue weighted by Crippen LogP contribution is -2.44. The van der Waals surface area contributed by atoms with E-state index in [2.05, 4.69) is 19.8 Å². The smallest absolute Gasteiger partial charge is 0.253 e. The fraction of sp³-hybridized carbons (Fsp3) is 0.600. The molecule has 0 aliphatic carbocycles. The molecule has 2 saturated heterocycles. The van der Waals surface area contributed by atoms with E-state index in [1.165, 1.54) is 45.2 Å². The van der Waals surface area contributed by atoms with Crippen LogP contribution in [0.5, 0.6) is 0 Å². The molecule has 1 unspecified atom stereocenters. The van der Waals surface area contributed by atoms with Crippen molar-refractivity contribution < 1.29 is 4.79 Å². The highest BCUT2D eigenvalue weighted by atomic mass is 16.2. The maximum atomic E-state index is 12.9. The molecule has 2 aliphatic rings. The summed E-state index contributed by atoms with van der Waals surface area (Å²) in [5, 5.41) is 0. The molecule has 5 nitrogen and oxygen atoms in total. The fourth-order valence-corrected chi connectivity index (χ4v) is 4.33. The molecule has 134 valence electrons. The Bertz CT molecular complexity index is 717. The highest BCUT2D eigenvalue weighted by Gasteiger charge is 2.26. The summed E-state index contributed by atoms with van der Waals surface area (Å²) < 4.78 is 0. The summed E-state index contributed by atoms with van der Waals surface area (Å²) in [7, 11) is 0. The van der Waals surface area contributed by atoms with Crippen molar-refractivity contribution >= 4 is 16.9 Å². The van der Waals surface area contributed by atoms with Gasteiger partial charge in [-0.25, -0.2) is 4.98 Å². The van der Waals surface area contributed by atoms with Crippen molar-refractivity contribution in [3.05, 3.63) is 30.1 Å². The average molecular weight is 340 g/mol. The normalized spacial score (nSPS) is 22.9. The number of amides is 1. The van der Waals surface area contributed by atoms with E-state index in [0.717, 1.165) is 42.7 Å². The van der Waals surface area contributed by atoms with Gasteiger partial charge in [0, 0.05) is 25.2 Å². The minimum Gasteiger partial charge on any atom is -0.345 e. The summed E-state index contributed by atoms with van der Waals surface area (Å²) in [4.78, 5) is 25.0. The first-order chi connectivity index (χ1) is 12.3. The molecule has 2 fully saturated rings. The van der Waals surface area contributed by atoms with Crippen LogP contribution in [-0.2, 0) is 0 Å². The van der Waals surface area contributed by atoms with Crippen molar-refractivity contribution in [2.75, 3.05) is 32.7 Å². The number of piperidine rings is 1. The zero-order valence-corrected chi connectivity index (χ0v) is 14.9. The van der Waals surface area contributed by atoms with E-state index in [0.29, 0.717) is 5.92 Å². The second-order valence-corrected chi connectivity index (χ2v) is 7.61. The first-order valence-corrected chi connectivity index (χ1v) is 9.74. The molecule has 2 aromatic rings. The molecule has 1 aromatic carbocycles. The van der Waals surface area contributed by atoms with Crippen LogP contribution in [0.1, 0.15) is 48.9 Å². The van der Waals surface area contributed by atoms with Crippen LogP contribution in [0.3, 0.4) is 0 Å². The maximum absolute atomic E-state index is 12.9. The number of carbonyl (C=O) groups is 1. The van der Waals surface area contributed by atoms with Crippen LogP contribution < -0.4 is 0 Å². The summed E-state index contributed by atoms with van der Waals surface area (Å²) in [5.41, 5.74) is 2.62. The average Bonchev–Trinajstić information content (AvgIpc) is 2.97. The molecule has 4 rings (SSSR count). The molecular formula is C20H28N4O. The van der Waals surface area contributed by atoms with Gasteiger partial charge in [0.25, 0.3) is 5.91 Å². The van der Waals surface area contributed by atoms with E-state index in [-0.39, 0.29) is 5.91 Å². The van der Waals surface area contributed by atoms with Gasteiger partial charge >= 0.3 is 0 Å². The number of fused-ring (bicyclic) bond motifs is 1. The van der Waals surface area contributed by atoms with Crippen molar-refractivity contribution in [2.24, 2.45) is 5.92 Å². The molecule has 0 bridgehead atoms. The van der Waals surface area contributed by atoms with Crippen LogP contribution in [0.25, 0.3) is 11.0 Å². The Morgan fingerprint density at radius 3 is 2.80 bits per heavy atom. The van der Waals surface area contributed by atoms with Crippen LogP contribution >= 0.6 is 0 Å². The zero-order valence-electron chi connectivity index (χ0n) is 14.9. The quantitative estimate of drug-likeness (QED) is 0.933. The summed E-state index contributed by atoms with van der Waals surface area (Å²) in [6, 6.07) is 5.77. The Kier molecular flexibility index (Phi) is 5.02. The van der Waals surface area contributed by atoms with Crippen LogP contribution in [0.4, 0.5) is 0 Å². The number of H-pyrrole nitrogens is 1. The second kappa shape index (κ2) is 7.56. The number of benzene rings is 1. The molecule has 1 amide bonds. The summed E-state index contributed by atoms with van der Waals surface area (Å²) in [6.07, 6.45) is 9.47. The van der Waals surface area contributed by atoms with E-state index in [1.807, 2.05) is 18.2 Å². The van der Waals surface area contributed by atoms with Crippen molar-refractivity contribution in [2.45, 2.75) is 38.5 Å². The largest absolute Gasteiger partial charge is 0.345 e. The monoisotopic (exact) mass is 340 g/mol. The standard InChI is InChI=1S/C20H28N4O/c25-20(17-7-8-18-19(12-17)22-15-21-18)24-11-5-6-16(14-24)13-23-9-3-1-2-4-10-23/h7-8,12,15-16H,1-6,9-11,13-14H2,(H,21,22). The van der Waals surface area contributed by atoms with E-state index < -0.39 is 0 Å². The molecule has 0 radical (unpaired) electrons. The van der Waals surface area contributed by atoms with Gasteiger partial charge in [0.05, 0.1) is 17.4 Å². The summed E-state index contributed by atoms with van der Waals surface area (Å²) >= 11 is 0. The van der Waals surface area contributed by atoms with E-state index in [1.54, 1.807) is 6.33 Å². The van der Waals surface area contributed by atoms with E-state index >= 15 is 0 Å².